The van der Waals surface area contributed by atoms with Gasteiger partial charge in [0.15, 0.2) is 0 Å². The third-order valence-electron chi connectivity index (χ3n) is 2.72. The number of hydrogen-bond donors (Lipinski definition) is 1. The van der Waals surface area contributed by atoms with Gasteiger partial charge in [-0.2, -0.15) is 0 Å². The third-order valence-corrected chi connectivity index (χ3v) is 3.90. The van der Waals surface area contributed by atoms with Crippen LogP contribution in [-0.2, 0) is 16.4 Å². The van der Waals surface area contributed by atoms with E-state index in [0.29, 0.717) is 12.2 Å². The van der Waals surface area contributed by atoms with Gasteiger partial charge in [0.2, 0.25) is 10.0 Å². The predicted octanol–water partition coefficient (Wildman–Crippen LogP) is 0.899. The molecule has 0 fully saturated rings. The zero-order valence-corrected chi connectivity index (χ0v) is 9.63. The summed E-state index contributed by atoms with van der Waals surface area (Å²) in [5.41, 5.74) is 9.22. The molecule has 4 nitrogen and oxygen atoms in total. The number of aryl methyl sites for hydroxylation is 1. The molecule has 15 heavy (non-hydrogen) atoms. The second kappa shape index (κ2) is 3.13. The molecule has 0 saturated carbocycles. The molecule has 82 valence electrons. The lowest BCUT2D eigenvalue weighted by atomic mass is 10.1. The summed E-state index contributed by atoms with van der Waals surface area (Å²) in [6, 6.07) is 3.72. The topological polar surface area (TPSA) is 63.4 Å². The first kappa shape index (κ1) is 10.3. The first-order valence-corrected chi connectivity index (χ1v) is 6.61. The zero-order valence-electron chi connectivity index (χ0n) is 8.82. The lowest BCUT2D eigenvalue weighted by Gasteiger charge is -2.17. The second-order valence-corrected chi connectivity index (χ2v) is 5.83. The van der Waals surface area contributed by atoms with Crippen molar-refractivity contribution in [1.82, 2.24) is 0 Å². The van der Waals surface area contributed by atoms with Gasteiger partial charge in [0.25, 0.3) is 0 Å². The Bertz CT molecular complexity index is 508. The number of nitrogen functional groups attached to an aromatic ring is 1. The summed E-state index contributed by atoms with van der Waals surface area (Å²) in [4.78, 5) is 0. The van der Waals surface area contributed by atoms with Crippen molar-refractivity contribution in [3.63, 3.8) is 0 Å². The van der Waals surface area contributed by atoms with Crippen LogP contribution in [0.15, 0.2) is 12.1 Å². The van der Waals surface area contributed by atoms with Gasteiger partial charge in [0.05, 0.1) is 11.9 Å². The van der Waals surface area contributed by atoms with Gasteiger partial charge in [-0.05, 0) is 30.5 Å². The Kier molecular flexibility index (Phi) is 2.15. The van der Waals surface area contributed by atoms with Crippen LogP contribution in [0.2, 0.25) is 0 Å². The maximum absolute atomic E-state index is 11.5. The molecule has 2 N–H and O–H groups in total. The van der Waals surface area contributed by atoms with Crippen molar-refractivity contribution < 1.29 is 8.42 Å². The van der Waals surface area contributed by atoms with E-state index < -0.39 is 10.0 Å². The van der Waals surface area contributed by atoms with Gasteiger partial charge in [0, 0.05) is 12.2 Å². The molecule has 0 radical (unpaired) electrons. The molecule has 1 aromatic carbocycles. The van der Waals surface area contributed by atoms with Gasteiger partial charge in [0.1, 0.15) is 0 Å². The fourth-order valence-corrected chi connectivity index (χ4v) is 2.84. The maximum Gasteiger partial charge on any atom is 0.232 e. The minimum absolute atomic E-state index is 0.525. The van der Waals surface area contributed by atoms with E-state index in [1.54, 1.807) is 6.07 Å². The number of rotatable bonds is 1. The summed E-state index contributed by atoms with van der Waals surface area (Å²) in [5.74, 6) is 0. The summed E-state index contributed by atoms with van der Waals surface area (Å²) < 4.78 is 24.4. The van der Waals surface area contributed by atoms with Gasteiger partial charge in [-0.15, -0.1) is 0 Å². The number of nitrogens with zero attached hydrogens (tertiary/aromatic N) is 1. The summed E-state index contributed by atoms with van der Waals surface area (Å²) in [6.07, 6.45) is 1.99. The number of hydrogen-bond acceptors (Lipinski definition) is 3. The van der Waals surface area contributed by atoms with Crippen molar-refractivity contribution in [2.75, 3.05) is 22.8 Å². The van der Waals surface area contributed by atoms with Crippen molar-refractivity contribution >= 4 is 21.4 Å². The van der Waals surface area contributed by atoms with Crippen LogP contribution in [0.25, 0.3) is 0 Å². The monoisotopic (exact) mass is 226 g/mol. The first-order chi connectivity index (χ1) is 6.89. The van der Waals surface area contributed by atoms with Crippen LogP contribution in [0.5, 0.6) is 0 Å². The lowest BCUT2D eigenvalue weighted by molar-refractivity contribution is 0.598. The number of benzene rings is 1. The van der Waals surface area contributed by atoms with E-state index in [1.807, 2.05) is 13.0 Å². The molecule has 0 bridgehead atoms. The summed E-state index contributed by atoms with van der Waals surface area (Å²) in [6.45, 7) is 2.45. The molecule has 1 aliphatic rings. The summed E-state index contributed by atoms with van der Waals surface area (Å²) in [7, 11) is -3.17. The molecule has 0 aromatic heterocycles. The zero-order chi connectivity index (χ0) is 11.2. The van der Waals surface area contributed by atoms with Gasteiger partial charge in [-0.3, -0.25) is 4.31 Å². The average Bonchev–Trinajstić information content (AvgIpc) is 2.47. The number of nitrogens with two attached hydrogens (primary N) is 1. The minimum Gasteiger partial charge on any atom is -0.398 e. The number of anilines is 2. The molecule has 0 spiro atoms. The SMILES string of the molecule is Cc1cc2c(cc1N)N(S(C)(=O)=O)CC2. The quantitative estimate of drug-likeness (QED) is 0.724. The van der Waals surface area contributed by atoms with Crippen LogP contribution >= 0.6 is 0 Å². The molecule has 0 saturated heterocycles. The van der Waals surface area contributed by atoms with E-state index in [9.17, 15) is 8.42 Å². The van der Waals surface area contributed by atoms with Gasteiger partial charge < -0.3 is 5.73 Å². The lowest BCUT2D eigenvalue weighted by Crippen LogP contribution is -2.27. The smallest absolute Gasteiger partial charge is 0.232 e. The van der Waals surface area contributed by atoms with E-state index in [4.69, 9.17) is 5.73 Å². The average molecular weight is 226 g/mol. The van der Waals surface area contributed by atoms with Crippen LogP contribution in [0, 0.1) is 6.92 Å². The Balaban J connectivity index is 2.57. The Hall–Kier alpha value is -1.23. The van der Waals surface area contributed by atoms with Gasteiger partial charge in [-0.1, -0.05) is 6.07 Å². The highest BCUT2D eigenvalue weighted by atomic mass is 32.2. The molecular weight excluding hydrogens is 212 g/mol. The molecule has 1 heterocycles. The van der Waals surface area contributed by atoms with E-state index in [-0.39, 0.29) is 0 Å². The predicted molar refractivity (Wildman–Crippen MR) is 61.5 cm³/mol. The molecule has 0 atom stereocenters. The standard InChI is InChI=1S/C10H14N2O2S/c1-7-5-8-3-4-12(15(2,13)14)10(8)6-9(7)11/h5-6H,3-4,11H2,1-2H3. The first-order valence-electron chi connectivity index (χ1n) is 4.76. The highest BCUT2D eigenvalue weighted by Crippen LogP contribution is 2.33. The van der Waals surface area contributed by atoms with E-state index in [1.165, 1.54) is 10.6 Å². The molecule has 5 heteroatoms. The van der Waals surface area contributed by atoms with Gasteiger partial charge >= 0.3 is 0 Å². The number of fused-ring (bicyclic) bond motifs is 1. The Morgan fingerprint density at radius 1 is 1.40 bits per heavy atom. The Labute approximate surface area is 89.7 Å². The van der Waals surface area contributed by atoms with Crippen LogP contribution in [0.3, 0.4) is 0 Å². The molecule has 0 amide bonds. The summed E-state index contributed by atoms with van der Waals surface area (Å²) in [5, 5.41) is 0. The number of sulfonamides is 1. The Morgan fingerprint density at radius 3 is 2.67 bits per heavy atom. The van der Waals surface area contributed by atoms with Crippen molar-refractivity contribution in [2.45, 2.75) is 13.3 Å². The molecule has 2 rings (SSSR count). The largest absolute Gasteiger partial charge is 0.398 e. The molecule has 0 unspecified atom stereocenters. The van der Waals surface area contributed by atoms with Crippen LogP contribution in [0.4, 0.5) is 11.4 Å². The fourth-order valence-electron chi connectivity index (χ4n) is 1.89. The van der Waals surface area contributed by atoms with Crippen LogP contribution in [0.1, 0.15) is 11.1 Å². The third kappa shape index (κ3) is 1.67. The van der Waals surface area contributed by atoms with Crippen molar-refractivity contribution in [2.24, 2.45) is 0 Å². The maximum atomic E-state index is 11.5. The van der Waals surface area contributed by atoms with Crippen LogP contribution < -0.4 is 10.0 Å². The Morgan fingerprint density at radius 2 is 2.07 bits per heavy atom. The van der Waals surface area contributed by atoms with E-state index in [0.717, 1.165) is 23.2 Å². The van der Waals surface area contributed by atoms with Gasteiger partial charge in [-0.25, -0.2) is 8.42 Å². The normalized spacial score (nSPS) is 15.5. The molecular formula is C10H14N2O2S. The van der Waals surface area contributed by atoms with E-state index >= 15 is 0 Å². The van der Waals surface area contributed by atoms with Crippen molar-refractivity contribution in [3.05, 3.63) is 23.3 Å². The van der Waals surface area contributed by atoms with E-state index in [2.05, 4.69) is 0 Å². The highest BCUT2D eigenvalue weighted by molar-refractivity contribution is 7.92. The van der Waals surface area contributed by atoms with Crippen LogP contribution in [-0.4, -0.2) is 21.2 Å². The molecule has 1 aliphatic heterocycles. The van der Waals surface area contributed by atoms with Crippen molar-refractivity contribution in [3.8, 4) is 0 Å². The minimum atomic E-state index is -3.17. The molecule has 1 aromatic rings. The van der Waals surface area contributed by atoms with Crippen molar-refractivity contribution in [1.29, 1.82) is 0 Å². The summed E-state index contributed by atoms with van der Waals surface area (Å²) >= 11 is 0. The highest BCUT2D eigenvalue weighted by Gasteiger charge is 2.26. The second-order valence-electron chi connectivity index (χ2n) is 3.92. The fraction of sp³-hybridized carbons (Fsp3) is 0.400. The molecule has 0 aliphatic carbocycles.